The molecule has 0 bridgehead atoms. The molecule has 3 rings (SSSR count). The third-order valence-corrected chi connectivity index (χ3v) is 4.60. The van der Waals surface area contributed by atoms with Crippen LogP contribution in [-0.2, 0) is 24.4 Å². The monoisotopic (exact) mass is 415 g/mol. The Morgan fingerprint density at radius 3 is 2.50 bits per heavy atom. The molecular weight excluding hydrogens is 406 g/mol. The van der Waals surface area contributed by atoms with E-state index in [2.05, 4.69) is 48.6 Å². The Morgan fingerprint density at radius 1 is 0.938 bits per heavy atom. The van der Waals surface area contributed by atoms with Gasteiger partial charge in [-0.3, -0.25) is 0 Å². The van der Waals surface area contributed by atoms with E-state index in [-0.39, 0.29) is 24.8 Å². The molecular formula is C13H9Cl2Hf. The molecule has 0 fully saturated rings. The Balaban J connectivity index is 0.000000640. The van der Waals surface area contributed by atoms with Crippen LogP contribution in [0.3, 0.4) is 0 Å². The summed E-state index contributed by atoms with van der Waals surface area (Å²) in [5.41, 5.74) is 2.97. The normalized spacial score (nSPS) is 16.5. The maximum absolute atomic E-state index is 2.34. The van der Waals surface area contributed by atoms with E-state index in [9.17, 15) is 0 Å². The Hall–Kier alpha value is -0.110. The van der Waals surface area contributed by atoms with Crippen LogP contribution in [0.4, 0.5) is 0 Å². The van der Waals surface area contributed by atoms with Crippen LogP contribution in [0.2, 0.25) is 0 Å². The molecule has 0 heterocycles. The number of allylic oxidation sites excluding steroid dienone is 1. The molecule has 0 saturated carbocycles. The number of benzene rings is 2. The standard InChI is InChI=1S/C13H9.2ClH.Hf/c1-2-6-12-10(4-1)8-9-11-5-3-7-13(11)12;;;/h1-9H;2*1H;/q;;;+2/p-2. The molecule has 0 saturated heterocycles. The van der Waals surface area contributed by atoms with Crippen molar-refractivity contribution in [1.82, 2.24) is 0 Å². The molecule has 2 aromatic carbocycles. The van der Waals surface area contributed by atoms with Crippen LogP contribution in [0.1, 0.15) is 14.8 Å². The summed E-state index contributed by atoms with van der Waals surface area (Å²) in [5.74, 6) is 0. The summed E-state index contributed by atoms with van der Waals surface area (Å²) < 4.78 is 0.717. The molecule has 0 nitrogen and oxygen atoms in total. The molecule has 0 N–H and O–H groups in total. The number of fused-ring (bicyclic) bond motifs is 3. The van der Waals surface area contributed by atoms with Gasteiger partial charge in [-0.15, -0.1) is 0 Å². The zero-order valence-electron chi connectivity index (χ0n) is 8.45. The summed E-state index contributed by atoms with van der Waals surface area (Å²) in [5, 5.41) is 2.76. The van der Waals surface area contributed by atoms with Gasteiger partial charge in [-0.2, -0.15) is 0 Å². The van der Waals surface area contributed by atoms with Gasteiger partial charge < -0.3 is 24.8 Å². The molecule has 16 heavy (non-hydrogen) atoms. The molecule has 0 aliphatic heterocycles. The second-order valence-electron chi connectivity index (χ2n) is 3.63. The van der Waals surface area contributed by atoms with Crippen molar-refractivity contribution >= 4 is 16.8 Å². The average Bonchev–Trinajstić information content (AvgIpc) is 2.61. The summed E-state index contributed by atoms with van der Waals surface area (Å²) in [7, 11) is 0. The third-order valence-electron chi connectivity index (χ3n) is 2.79. The van der Waals surface area contributed by atoms with Gasteiger partial charge in [0.15, 0.2) is 0 Å². The van der Waals surface area contributed by atoms with Crippen LogP contribution in [0, 0.1) is 0 Å². The fourth-order valence-corrected chi connectivity index (χ4v) is 3.32. The van der Waals surface area contributed by atoms with Gasteiger partial charge in [-0.25, -0.2) is 0 Å². The summed E-state index contributed by atoms with van der Waals surface area (Å²) in [6.07, 6.45) is 4.62. The molecule has 0 amide bonds. The van der Waals surface area contributed by atoms with E-state index in [0.717, 1.165) is 3.67 Å². The van der Waals surface area contributed by atoms with Crippen LogP contribution in [0.5, 0.6) is 0 Å². The average molecular weight is 415 g/mol. The fraction of sp³-hybridized carbons (Fsp3) is 0.0769. The Kier molecular flexibility index (Phi) is 4.78. The van der Waals surface area contributed by atoms with Crippen molar-refractivity contribution in [2.75, 3.05) is 0 Å². The predicted molar refractivity (Wildman–Crippen MR) is 55.7 cm³/mol. The van der Waals surface area contributed by atoms with Gasteiger partial charge in [0.25, 0.3) is 0 Å². The molecule has 2 aromatic rings. The minimum atomic E-state index is 0. The van der Waals surface area contributed by atoms with E-state index in [1.807, 2.05) is 0 Å². The van der Waals surface area contributed by atoms with Gasteiger partial charge in [0.05, 0.1) is 0 Å². The molecule has 0 aromatic heterocycles. The SMILES string of the molecule is [Cl-].[Cl-].[Hf+2][CH]1C=Cc2c1ccc1ccccc21. The van der Waals surface area contributed by atoms with Gasteiger partial charge in [-0.05, 0) is 0 Å². The molecule has 0 spiro atoms. The summed E-state index contributed by atoms with van der Waals surface area (Å²) >= 11 is 1.22. The van der Waals surface area contributed by atoms with Gasteiger partial charge in [0.1, 0.15) is 0 Å². The zero-order chi connectivity index (χ0) is 9.54. The van der Waals surface area contributed by atoms with Gasteiger partial charge in [0.2, 0.25) is 0 Å². The first-order chi connectivity index (χ1) is 6.86. The molecule has 79 valence electrons. The van der Waals surface area contributed by atoms with Crippen LogP contribution < -0.4 is 24.8 Å². The van der Waals surface area contributed by atoms with Crippen LogP contribution in [0.25, 0.3) is 16.8 Å². The van der Waals surface area contributed by atoms with Gasteiger partial charge in [0, 0.05) is 0 Å². The van der Waals surface area contributed by atoms with Crippen LogP contribution in [0.15, 0.2) is 42.5 Å². The molecule has 1 unspecified atom stereocenters. The van der Waals surface area contributed by atoms with E-state index >= 15 is 0 Å². The van der Waals surface area contributed by atoms with E-state index < -0.39 is 0 Å². The molecule has 1 aliphatic rings. The number of rotatable bonds is 0. The molecule has 1 aliphatic carbocycles. The summed E-state index contributed by atoms with van der Waals surface area (Å²) in [4.78, 5) is 0. The first-order valence-electron chi connectivity index (χ1n) is 4.77. The Bertz CT molecular complexity index is 534. The molecule has 3 heteroatoms. The number of hydrogen-bond acceptors (Lipinski definition) is 0. The zero-order valence-corrected chi connectivity index (χ0v) is 13.6. The van der Waals surface area contributed by atoms with Crippen LogP contribution >= 0.6 is 0 Å². The minimum absolute atomic E-state index is 0. The third kappa shape index (κ3) is 2.13. The number of halogens is 2. The van der Waals surface area contributed by atoms with Gasteiger partial charge in [-0.1, -0.05) is 0 Å². The number of hydrogen-bond donors (Lipinski definition) is 0. The Morgan fingerprint density at radius 2 is 1.69 bits per heavy atom. The van der Waals surface area contributed by atoms with Crippen molar-refractivity contribution in [2.24, 2.45) is 0 Å². The Labute approximate surface area is 123 Å². The summed E-state index contributed by atoms with van der Waals surface area (Å²) in [6, 6.07) is 13.2. The van der Waals surface area contributed by atoms with Gasteiger partial charge >= 0.3 is 98.5 Å². The molecule has 1 atom stereocenters. The van der Waals surface area contributed by atoms with Crippen molar-refractivity contribution in [3.8, 4) is 0 Å². The van der Waals surface area contributed by atoms with Crippen molar-refractivity contribution in [2.45, 2.75) is 3.67 Å². The van der Waals surface area contributed by atoms with Crippen molar-refractivity contribution in [3.05, 3.63) is 53.6 Å². The molecule has 0 radical (unpaired) electrons. The van der Waals surface area contributed by atoms with Crippen molar-refractivity contribution in [3.63, 3.8) is 0 Å². The van der Waals surface area contributed by atoms with E-state index in [0.29, 0.717) is 0 Å². The topological polar surface area (TPSA) is 0 Å². The second kappa shape index (κ2) is 5.48. The quantitative estimate of drug-likeness (QED) is 0.417. The predicted octanol–water partition coefficient (Wildman–Crippen LogP) is -2.54. The second-order valence-corrected chi connectivity index (χ2v) is 5.86. The van der Waals surface area contributed by atoms with Crippen molar-refractivity contribution < 1.29 is 49.2 Å². The summed E-state index contributed by atoms with van der Waals surface area (Å²) in [6.45, 7) is 0. The first-order valence-corrected chi connectivity index (χ1v) is 6.84. The first kappa shape index (κ1) is 14.0. The van der Waals surface area contributed by atoms with E-state index in [1.54, 1.807) is 0 Å². The maximum atomic E-state index is 2.34. The van der Waals surface area contributed by atoms with E-state index in [1.165, 1.54) is 46.3 Å². The van der Waals surface area contributed by atoms with Crippen LogP contribution in [-0.4, -0.2) is 0 Å². The fourth-order valence-electron chi connectivity index (χ4n) is 2.07. The van der Waals surface area contributed by atoms with E-state index in [4.69, 9.17) is 0 Å². The van der Waals surface area contributed by atoms with Crippen molar-refractivity contribution in [1.29, 1.82) is 0 Å².